The lowest BCUT2D eigenvalue weighted by molar-refractivity contribution is 0.0634. The van der Waals surface area contributed by atoms with E-state index in [1.54, 1.807) is 20.8 Å². The van der Waals surface area contributed by atoms with Crippen molar-refractivity contribution in [3.05, 3.63) is 6.33 Å². The second-order valence-corrected chi connectivity index (χ2v) is 5.78. The molecule has 0 atom stereocenters. The molecular formula is C14H21N5O3. The van der Waals surface area contributed by atoms with E-state index in [9.17, 15) is 4.79 Å². The van der Waals surface area contributed by atoms with Crippen molar-refractivity contribution in [3.8, 4) is 5.88 Å². The third kappa shape index (κ3) is 4.31. The molecule has 2 aromatic heterocycles. The topological polar surface area (TPSA) is 102 Å². The Morgan fingerprint density at radius 2 is 2.14 bits per heavy atom. The summed E-state index contributed by atoms with van der Waals surface area (Å²) in [7, 11) is 0. The van der Waals surface area contributed by atoms with Crippen LogP contribution in [-0.4, -0.2) is 38.2 Å². The van der Waals surface area contributed by atoms with Gasteiger partial charge in [0.15, 0.2) is 11.2 Å². The standard InChI is InChI=1S/C14H21N5O3/c1-5-6-7-21-11-9-10(16-8-15-9)17-12(18-11)19-13(20)22-14(2,3)4/h8H,5-7H2,1-4H3,(H2,15,16,17,18,19,20). The van der Waals surface area contributed by atoms with Gasteiger partial charge in [-0.2, -0.15) is 9.97 Å². The Bertz CT molecular complexity index is 647. The third-order valence-corrected chi connectivity index (χ3v) is 2.60. The molecule has 120 valence electrons. The highest BCUT2D eigenvalue weighted by atomic mass is 16.6. The molecule has 0 aliphatic carbocycles. The number of anilines is 1. The summed E-state index contributed by atoms with van der Waals surface area (Å²) >= 11 is 0. The number of nitrogens with one attached hydrogen (secondary N) is 2. The van der Waals surface area contributed by atoms with Gasteiger partial charge in [0.25, 0.3) is 0 Å². The number of carbonyl (C=O) groups is 1. The normalized spacial score (nSPS) is 11.5. The Morgan fingerprint density at radius 3 is 2.82 bits per heavy atom. The molecule has 2 heterocycles. The second kappa shape index (κ2) is 6.59. The highest BCUT2D eigenvalue weighted by Gasteiger charge is 2.18. The SMILES string of the molecule is CCCCOc1nc(NC(=O)OC(C)(C)C)nc2[nH]cnc12. The summed E-state index contributed by atoms with van der Waals surface area (Å²) in [6.07, 6.45) is 2.80. The van der Waals surface area contributed by atoms with Crippen LogP contribution in [0.4, 0.5) is 10.7 Å². The molecule has 8 nitrogen and oxygen atoms in total. The molecule has 0 bridgehead atoms. The number of carbonyl (C=O) groups excluding carboxylic acids is 1. The molecule has 2 rings (SSSR count). The molecule has 0 unspecified atom stereocenters. The van der Waals surface area contributed by atoms with Crippen LogP contribution in [0.5, 0.6) is 5.88 Å². The molecular weight excluding hydrogens is 286 g/mol. The van der Waals surface area contributed by atoms with Crippen molar-refractivity contribution in [2.45, 2.75) is 46.1 Å². The van der Waals surface area contributed by atoms with Gasteiger partial charge in [0.2, 0.25) is 11.8 Å². The monoisotopic (exact) mass is 307 g/mol. The zero-order valence-electron chi connectivity index (χ0n) is 13.3. The number of rotatable bonds is 5. The quantitative estimate of drug-likeness (QED) is 0.823. The first kappa shape index (κ1) is 16.0. The van der Waals surface area contributed by atoms with Crippen LogP contribution in [0.25, 0.3) is 11.2 Å². The predicted molar refractivity (Wildman–Crippen MR) is 81.9 cm³/mol. The van der Waals surface area contributed by atoms with Crippen LogP contribution in [0.15, 0.2) is 6.33 Å². The zero-order valence-corrected chi connectivity index (χ0v) is 13.3. The lowest BCUT2D eigenvalue weighted by atomic mass is 10.2. The summed E-state index contributed by atoms with van der Waals surface area (Å²) in [6.45, 7) is 7.95. The van der Waals surface area contributed by atoms with Gasteiger partial charge in [-0.3, -0.25) is 5.32 Å². The fraction of sp³-hybridized carbons (Fsp3) is 0.571. The van der Waals surface area contributed by atoms with Gasteiger partial charge >= 0.3 is 6.09 Å². The number of amides is 1. The molecule has 0 aromatic carbocycles. The number of imidazole rings is 1. The average molecular weight is 307 g/mol. The number of hydrogen-bond donors (Lipinski definition) is 2. The molecule has 0 saturated carbocycles. The molecule has 0 fully saturated rings. The first-order valence-electron chi connectivity index (χ1n) is 7.23. The number of nitrogens with zero attached hydrogens (tertiary/aromatic N) is 3. The summed E-state index contributed by atoms with van der Waals surface area (Å²) in [6, 6.07) is 0. The van der Waals surface area contributed by atoms with Crippen molar-refractivity contribution in [1.82, 2.24) is 19.9 Å². The van der Waals surface area contributed by atoms with Crippen LogP contribution >= 0.6 is 0 Å². The smallest absolute Gasteiger partial charge is 0.414 e. The van der Waals surface area contributed by atoms with E-state index in [-0.39, 0.29) is 5.95 Å². The van der Waals surface area contributed by atoms with E-state index in [0.29, 0.717) is 23.7 Å². The Labute approximate surface area is 128 Å². The van der Waals surface area contributed by atoms with E-state index in [4.69, 9.17) is 9.47 Å². The lowest BCUT2D eigenvalue weighted by Crippen LogP contribution is -2.27. The number of H-pyrrole nitrogens is 1. The Morgan fingerprint density at radius 1 is 1.36 bits per heavy atom. The molecule has 0 spiro atoms. The fourth-order valence-corrected chi connectivity index (χ4v) is 1.67. The first-order valence-corrected chi connectivity index (χ1v) is 7.23. The number of aromatic nitrogens is 4. The van der Waals surface area contributed by atoms with Crippen LogP contribution in [0, 0.1) is 0 Å². The maximum absolute atomic E-state index is 11.8. The van der Waals surface area contributed by atoms with Crippen molar-refractivity contribution >= 4 is 23.2 Å². The predicted octanol–water partition coefficient (Wildman–Crippen LogP) is 2.88. The molecule has 2 aromatic rings. The third-order valence-electron chi connectivity index (χ3n) is 2.60. The van der Waals surface area contributed by atoms with Crippen molar-refractivity contribution < 1.29 is 14.3 Å². The molecule has 22 heavy (non-hydrogen) atoms. The number of hydrogen-bond acceptors (Lipinski definition) is 6. The van der Waals surface area contributed by atoms with Crippen LogP contribution in [0.3, 0.4) is 0 Å². The lowest BCUT2D eigenvalue weighted by Gasteiger charge is -2.19. The zero-order chi connectivity index (χ0) is 16.2. The summed E-state index contributed by atoms with van der Waals surface area (Å²) in [5, 5.41) is 2.50. The Balaban J connectivity index is 2.17. The Hall–Kier alpha value is -2.38. The minimum Gasteiger partial charge on any atom is -0.476 e. The van der Waals surface area contributed by atoms with Gasteiger partial charge in [-0.25, -0.2) is 9.78 Å². The molecule has 2 N–H and O–H groups in total. The Kier molecular flexibility index (Phi) is 4.79. The highest BCUT2D eigenvalue weighted by Crippen LogP contribution is 2.21. The van der Waals surface area contributed by atoms with E-state index >= 15 is 0 Å². The minimum atomic E-state index is -0.620. The van der Waals surface area contributed by atoms with Crippen molar-refractivity contribution in [1.29, 1.82) is 0 Å². The number of aromatic amines is 1. The summed E-state index contributed by atoms with van der Waals surface area (Å²) in [5.41, 5.74) is 0.432. The van der Waals surface area contributed by atoms with Crippen LogP contribution in [0.2, 0.25) is 0 Å². The molecule has 1 amide bonds. The maximum Gasteiger partial charge on any atom is 0.414 e. The first-order chi connectivity index (χ1) is 10.4. The van der Waals surface area contributed by atoms with Crippen LogP contribution in [-0.2, 0) is 4.74 Å². The average Bonchev–Trinajstić information content (AvgIpc) is 2.84. The number of fused-ring (bicyclic) bond motifs is 1. The molecule has 8 heteroatoms. The number of ether oxygens (including phenoxy) is 2. The van der Waals surface area contributed by atoms with Crippen LogP contribution in [0.1, 0.15) is 40.5 Å². The van der Waals surface area contributed by atoms with Crippen molar-refractivity contribution in [3.63, 3.8) is 0 Å². The molecule has 0 radical (unpaired) electrons. The molecule has 0 saturated heterocycles. The van der Waals surface area contributed by atoms with Crippen molar-refractivity contribution in [2.75, 3.05) is 11.9 Å². The van der Waals surface area contributed by atoms with E-state index in [0.717, 1.165) is 12.8 Å². The second-order valence-electron chi connectivity index (χ2n) is 5.78. The van der Waals surface area contributed by atoms with E-state index in [2.05, 4.69) is 32.2 Å². The fourth-order valence-electron chi connectivity index (χ4n) is 1.67. The van der Waals surface area contributed by atoms with Gasteiger partial charge in [0.05, 0.1) is 12.9 Å². The largest absolute Gasteiger partial charge is 0.476 e. The van der Waals surface area contributed by atoms with E-state index in [1.165, 1.54) is 6.33 Å². The van der Waals surface area contributed by atoms with Crippen LogP contribution < -0.4 is 10.1 Å². The number of unbranched alkanes of at least 4 members (excludes halogenated alkanes) is 1. The van der Waals surface area contributed by atoms with E-state index < -0.39 is 11.7 Å². The van der Waals surface area contributed by atoms with Gasteiger partial charge in [0.1, 0.15) is 5.60 Å². The highest BCUT2D eigenvalue weighted by molar-refractivity contribution is 5.85. The van der Waals surface area contributed by atoms with Crippen molar-refractivity contribution in [2.24, 2.45) is 0 Å². The van der Waals surface area contributed by atoms with Gasteiger partial charge in [-0.05, 0) is 27.2 Å². The van der Waals surface area contributed by atoms with E-state index in [1.807, 2.05) is 0 Å². The molecule has 0 aliphatic rings. The summed E-state index contributed by atoms with van der Waals surface area (Å²) < 4.78 is 10.8. The van der Waals surface area contributed by atoms with Gasteiger partial charge in [0, 0.05) is 0 Å². The minimum absolute atomic E-state index is 0.109. The maximum atomic E-state index is 11.8. The van der Waals surface area contributed by atoms with Gasteiger partial charge in [-0.1, -0.05) is 13.3 Å². The van der Waals surface area contributed by atoms with Gasteiger partial charge < -0.3 is 14.5 Å². The summed E-state index contributed by atoms with van der Waals surface area (Å²) in [5.74, 6) is 0.447. The van der Waals surface area contributed by atoms with Gasteiger partial charge in [-0.15, -0.1) is 0 Å². The molecule has 0 aliphatic heterocycles. The summed E-state index contributed by atoms with van der Waals surface area (Å²) in [4.78, 5) is 27.2.